The molecule has 1 N–H and O–H groups in total. The number of anilines is 1. The summed E-state index contributed by atoms with van der Waals surface area (Å²) >= 11 is 0. The number of halogens is 1. The van der Waals surface area contributed by atoms with Crippen LogP contribution < -0.4 is 10.1 Å². The zero-order valence-corrected chi connectivity index (χ0v) is 18.0. The van der Waals surface area contributed by atoms with Crippen molar-refractivity contribution >= 4 is 11.7 Å². The van der Waals surface area contributed by atoms with Crippen molar-refractivity contribution in [3.05, 3.63) is 71.1 Å². The maximum atomic E-state index is 13.1. The molecular formula is C24H28FNO4. The predicted octanol–water partition coefficient (Wildman–Crippen LogP) is 5.17. The van der Waals surface area contributed by atoms with Crippen LogP contribution in [0.3, 0.4) is 0 Å². The number of benzene rings is 2. The summed E-state index contributed by atoms with van der Waals surface area (Å²) in [4.78, 5) is 12.3. The summed E-state index contributed by atoms with van der Waals surface area (Å²) in [7, 11) is 1.59. The van der Waals surface area contributed by atoms with E-state index in [-0.39, 0.29) is 5.82 Å². The quantitative estimate of drug-likeness (QED) is 0.523. The van der Waals surface area contributed by atoms with Gasteiger partial charge in [-0.1, -0.05) is 17.7 Å². The van der Waals surface area contributed by atoms with Gasteiger partial charge in [-0.3, -0.25) is 0 Å². The molecule has 0 aromatic heterocycles. The van der Waals surface area contributed by atoms with Crippen molar-refractivity contribution in [3.63, 3.8) is 0 Å². The molecule has 0 saturated carbocycles. The minimum absolute atomic E-state index is 0.260. The molecule has 0 radical (unpaired) electrons. The summed E-state index contributed by atoms with van der Waals surface area (Å²) in [5.41, 5.74) is 2.72. The third-order valence-corrected chi connectivity index (χ3v) is 4.96. The summed E-state index contributed by atoms with van der Waals surface area (Å²) in [5, 5.41) is 3.33. The molecule has 2 atom stereocenters. The van der Waals surface area contributed by atoms with Crippen molar-refractivity contribution in [2.75, 3.05) is 12.4 Å². The Balaban J connectivity index is 1.83. The molecule has 0 fully saturated rings. The maximum Gasteiger partial charge on any atom is 0.331 e. The van der Waals surface area contributed by atoms with Gasteiger partial charge in [0.05, 0.1) is 0 Å². The smallest absolute Gasteiger partial charge is 0.331 e. The van der Waals surface area contributed by atoms with Crippen LogP contribution in [-0.4, -0.2) is 24.8 Å². The van der Waals surface area contributed by atoms with Gasteiger partial charge in [-0.05, 0) is 63.6 Å². The lowest BCUT2D eigenvalue weighted by Crippen LogP contribution is -2.51. The zero-order valence-electron chi connectivity index (χ0n) is 18.0. The summed E-state index contributed by atoms with van der Waals surface area (Å²) in [6.45, 7) is 7.98. The normalized spacial score (nSPS) is 19.3. The first-order chi connectivity index (χ1) is 14.2. The number of esters is 1. The lowest BCUT2D eigenvalue weighted by Gasteiger charge is -2.43. The Morgan fingerprint density at radius 2 is 1.90 bits per heavy atom. The fourth-order valence-electron chi connectivity index (χ4n) is 3.50. The molecule has 1 aliphatic heterocycles. The monoisotopic (exact) mass is 413 g/mol. The molecule has 3 rings (SSSR count). The number of rotatable bonds is 6. The van der Waals surface area contributed by atoms with Crippen molar-refractivity contribution in [2.45, 2.75) is 52.0 Å². The highest BCUT2D eigenvalue weighted by molar-refractivity contribution is 5.83. The summed E-state index contributed by atoms with van der Waals surface area (Å²) in [5.74, 6) is 0.00499. The molecule has 1 aliphatic rings. The number of allylic oxidation sites excluding steroid dienone is 1. The second kappa shape index (κ2) is 8.88. The van der Waals surface area contributed by atoms with Gasteiger partial charge in [0.25, 0.3) is 0 Å². The first-order valence-corrected chi connectivity index (χ1v) is 9.89. The molecule has 2 unspecified atom stereocenters. The number of hydrogen-bond donors (Lipinski definition) is 1. The Morgan fingerprint density at radius 3 is 2.53 bits per heavy atom. The third kappa shape index (κ3) is 5.00. The van der Waals surface area contributed by atoms with Crippen LogP contribution in [0.4, 0.5) is 10.1 Å². The summed E-state index contributed by atoms with van der Waals surface area (Å²) in [6, 6.07) is 12.1. The Labute approximate surface area is 176 Å². The van der Waals surface area contributed by atoms with E-state index in [1.54, 1.807) is 19.2 Å². The van der Waals surface area contributed by atoms with Crippen LogP contribution in [0.1, 0.15) is 44.9 Å². The van der Waals surface area contributed by atoms with Crippen molar-refractivity contribution in [3.8, 4) is 5.75 Å². The maximum absolute atomic E-state index is 13.1. The zero-order chi connectivity index (χ0) is 21.9. The number of fused-ring (bicyclic) bond motifs is 1. The van der Waals surface area contributed by atoms with Gasteiger partial charge >= 0.3 is 5.97 Å². The topological polar surface area (TPSA) is 56.8 Å². The first kappa shape index (κ1) is 21.8. The average Bonchev–Trinajstić information content (AvgIpc) is 2.67. The Hall–Kier alpha value is -2.86. The lowest BCUT2D eigenvalue weighted by atomic mass is 9.88. The Morgan fingerprint density at radius 1 is 1.20 bits per heavy atom. The molecule has 2 aromatic carbocycles. The SMILES string of the molecule is COC1c2cc(NCc3ccc(F)cc3)ccc2OC(C)(C)C1OC(=O)C=C(C)C. The first-order valence-electron chi connectivity index (χ1n) is 9.89. The molecule has 2 aromatic rings. The van der Waals surface area contributed by atoms with E-state index in [0.717, 1.165) is 22.4 Å². The van der Waals surface area contributed by atoms with Crippen molar-refractivity contribution in [2.24, 2.45) is 0 Å². The van der Waals surface area contributed by atoms with Crippen LogP contribution in [0.25, 0.3) is 0 Å². The standard InChI is InChI=1S/C24H28FNO4/c1-15(2)12-21(27)29-23-22(28-5)19-13-18(10-11-20(19)30-24(23,3)4)26-14-16-6-8-17(25)9-7-16/h6-13,22-23,26H,14H2,1-5H3. The van der Waals surface area contributed by atoms with Gasteiger partial charge in [0.15, 0.2) is 6.10 Å². The molecule has 0 spiro atoms. The van der Waals surface area contributed by atoms with E-state index in [2.05, 4.69) is 5.32 Å². The van der Waals surface area contributed by atoms with Gasteiger partial charge in [0.2, 0.25) is 0 Å². The van der Waals surface area contributed by atoms with Crippen LogP contribution in [0.2, 0.25) is 0 Å². The molecule has 0 amide bonds. The summed E-state index contributed by atoms with van der Waals surface area (Å²) in [6.07, 6.45) is 0.357. The number of ether oxygens (including phenoxy) is 3. The fraction of sp³-hybridized carbons (Fsp3) is 0.375. The lowest BCUT2D eigenvalue weighted by molar-refractivity contribution is -0.175. The molecule has 30 heavy (non-hydrogen) atoms. The van der Waals surface area contributed by atoms with E-state index < -0.39 is 23.8 Å². The van der Waals surface area contributed by atoms with Crippen LogP contribution in [-0.2, 0) is 20.8 Å². The van der Waals surface area contributed by atoms with Crippen LogP contribution in [0.15, 0.2) is 54.1 Å². The second-order valence-corrected chi connectivity index (χ2v) is 8.17. The highest BCUT2D eigenvalue weighted by Crippen LogP contribution is 2.44. The number of hydrogen-bond acceptors (Lipinski definition) is 5. The molecule has 160 valence electrons. The Kier molecular flexibility index (Phi) is 6.46. The molecule has 6 heteroatoms. The van der Waals surface area contributed by atoms with Crippen LogP contribution in [0, 0.1) is 5.82 Å². The van der Waals surface area contributed by atoms with E-state index in [9.17, 15) is 9.18 Å². The Bertz CT molecular complexity index is 933. The third-order valence-electron chi connectivity index (χ3n) is 4.96. The van der Waals surface area contributed by atoms with Gasteiger partial charge in [-0.25, -0.2) is 9.18 Å². The highest BCUT2D eigenvalue weighted by Gasteiger charge is 2.47. The van der Waals surface area contributed by atoms with E-state index >= 15 is 0 Å². The van der Waals surface area contributed by atoms with Gasteiger partial charge in [0.1, 0.15) is 23.3 Å². The summed E-state index contributed by atoms with van der Waals surface area (Å²) < 4.78 is 30.7. The number of methoxy groups -OCH3 is 1. The van der Waals surface area contributed by atoms with E-state index in [0.29, 0.717) is 12.3 Å². The molecule has 0 bridgehead atoms. The molecule has 0 saturated heterocycles. The van der Waals surface area contributed by atoms with Crippen LogP contribution >= 0.6 is 0 Å². The van der Waals surface area contributed by atoms with Crippen molar-refractivity contribution in [1.29, 1.82) is 0 Å². The second-order valence-electron chi connectivity index (χ2n) is 8.17. The van der Waals surface area contributed by atoms with Gasteiger partial charge < -0.3 is 19.5 Å². The predicted molar refractivity (Wildman–Crippen MR) is 114 cm³/mol. The minimum Gasteiger partial charge on any atom is -0.483 e. The number of carbonyl (C=O) groups is 1. The number of nitrogens with one attached hydrogen (secondary N) is 1. The molecular weight excluding hydrogens is 385 g/mol. The van der Waals surface area contributed by atoms with Gasteiger partial charge in [0, 0.05) is 31.0 Å². The van der Waals surface area contributed by atoms with E-state index in [4.69, 9.17) is 14.2 Å². The van der Waals surface area contributed by atoms with Gasteiger partial charge in [-0.15, -0.1) is 0 Å². The van der Waals surface area contributed by atoms with E-state index in [1.165, 1.54) is 18.2 Å². The molecule has 5 nitrogen and oxygen atoms in total. The van der Waals surface area contributed by atoms with Crippen molar-refractivity contribution < 1.29 is 23.4 Å². The average molecular weight is 413 g/mol. The van der Waals surface area contributed by atoms with Gasteiger partial charge in [-0.2, -0.15) is 0 Å². The molecule has 0 aliphatic carbocycles. The van der Waals surface area contributed by atoms with Crippen molar-refractivity contribution in [1.82, 2.24) is 0 Å². The minimum atomic E-state index is -0.762. The number of carbonyl (C=O) groups excluding carboxylic acids is 1. The van der Waals surface area contributed by atoms with Crippen LogP contribution in [0.5, 0.6) is 5.75 Å². The fourth-order valence-corrected chi connectivity index (χ4v) is 3.50. The largest absolute Gasteiger partial charge is 0.483 e. The van der Waals surface area contributed by atoms with E-state index in [1.807, 2.05) is 45.9 Å². The highest BCUT2D eigenvalue weighted by atomic mass is 19.1. The molecule has 1 heterocycles.